The number of nitrogens with zero attached hydrogens (tertiary/aromatic N) is 1. The number of carbonyl (C=O) groups excluding carboxylic acids is 1. The van der Waals surface area contributed by atoms with Gasteiger partial charge in [0.2, 0.25) is 0 Å². The quantitative estimate of drug-likeness (QED) is 0.513. The highest BCUT2D eigenvalue weighted by Gasteiger charge is 2.33. The number of anilines is 1. The van der Waals surface area contributed by atoms with Crippen LogP contribution in [0.25, 0.3) is 0 Å². The molecule has 0 bridgehead atoms. The largest absolute Gasteiger partial charge is 0.383 e. The van der Waals surface area contributed by atoms with Gasteiger partial charge in [-0.25, -0.2) is 0 Å². The maximum atomic E-state index is 11.6. The number of nitro groups is 1. The number of amides is 1. The lowest BCUT2D eigenvalue weighted by Crippen LogP contribution is -2.49. The molecule has 8 nitrogen and oxygen atoms in total. The smallest absolute Gasteiger partial charge is 0.293 e. The Morgan fingerprint density at radius 3 is 2.87 bits per heavy atom. The number of hydrogen-bond donors (Lipinski definition) is 3. The number of benzene rings is 1. The summed E-state index contributed by atoms with van der Waals surface area (Å²) < 4.78 is 5.27. The van der Waals surface area contributed by atoms with Gasteiger partial charge in [0.25, 0.3) is 11.6 Å². The molecule has 1 fully saturated rings. The van der Waals surface area contributed by atoms with E-state index in [-0.39, 0.29) is 22.7 Å². The van der Waals surface area contributed by atoms with Crippen LogP contribution >= 0.6 is 0 Å². The zero-order chi connectivity index (χ0) is 16.9. The minimum atomic E-state index is -0.486. The van der Waals surface area contributed by atoms with E-state index in [1.807, 2.05) is 0 Å². The van der Waals surface area contributed by atoms with Crippen LogP contribution in [-0.2, 0) is 4.74 Å². The molecule has 126 valence electrons. The third-order valence-corrected chi connectivity index (χ3v) is 4.05. The third kappa shape index (κ3) is 3.96. The van der Waals surface area contributed by atoms with E-state index >= 15 is 0 Å². The summed E-state index contributed by atoms with van der Waals surface area (Å²) in [6.45, 7) is 1.95. The fourth-order valence-electron chi connectivity index (χ4n) is 2.85. The molecule has 3 N–H and O–H groups in total. The van der Waals surface area contributed by atoms with E-state index in [0.29, 0.717) is 18.8 Å². The summed E-state index contributed by atoms with van der Waals surface area (Å²) in [6, 6.07) is 4.42. The lowest BCUT2D eigenvalue weighted by molar-refractivity contribution is -0.384. The zero-order valence-electron chi connectivity index (χ0n) is 13.3. The fraction of sp³-hybridized carbons (Fsp3) is 0.533. The second-order valence-corrected chi connectivity index (χ2v) is 5.67. The number of rotatable bonds is 7. The Hall–Kier alpha value is -2.19. The summed E-state index contributed by atoms with van der Waals surface area (Å²) in [7, 11) is 3.13. The van der Waals surface area contributed by atoms with Gasteiger partial charge in [-0.05, 0) is 31.5 Å². The highest BCUT2D eigenvalue weighted by atomic mass is 16.6. The predicted molar refractivity (Wildman–Crippen MR) is 86.8 cm³/mol. The van der Waals surface area contributed by atoms with Crippen molar-refractivity contribution in [1.82, 2.24) is 10.6 Å². The molecule has 23 heavy (non-hydrogen) atoms. The van der Waals surface area contributed by atoms with Crippen molar-refractivity contribution in [2.45, 2.75) is 18.4 Å². The summed E-state index contributed by atoms with van der Waals surface area (Å²) in [4.78, 5) is 22.4. The summed E-state index contributed by atoms with van der Waals surface area (Å²) in [5.74, 6) is -0.354. The third-order valence-electron chi connectivity index (χ3n) is 4.05. The van der Waals surface area contributed by atoms with Gasteiger partial charge in [-0.15, -0.1) is 0 Å². The van der Waals surface area contributed by atoms with Crippen molar-refractivity contribution in [2.75, 3.05) is 39.2 Å². The molecule has 2 rings (SSSR count). The average molecular weight is 322 g/mol. The van der Waals surface area contributed by atoms with Gasteiger partial charge in [0, 0.05) is 32.3 Å². The monoisotopic (exact) mass is 322 g/mol. The molecule has 0 spiro atoms. The Balaban J connectivity index is 2.18. The maximum Gasteiger partial charge on any atom is 0.293 e. The minimum absolute atomic E-state index is 0.114. The van der Waals surface area contributed by atoms with E-state index in [0.717, 1.165) is 19.4 Å². The van der Waals surface area contributed by atoms with Gasteiger partial charge >= 0.3 is 0 Å². The summed E-state index contributed by atoms with van der Waals surface area (Å²) >= 11 is 0. The molecule has 1 aromatic carbocycles. The van der Waals surface area contributed by atoms with Gasteiger partial charge in [0.15, 0.2) is 0 Å². The van der Waals surface area contributed by atoms with Gasteiger partial charge in [0.1, 0.15) is 5.69 Å². The van der Waals surface area contributed by atoms with Crippen molar-refractivity contribution in [1.29, 1.82) is 0 Å². The van der Waals surface area contributed by atoms with Crippen molar-refractivity contribution >= 4 is 17.3 Å². The highest BCUT2D eigenvalue weighted by molar-refractivity contribution is 5.95. The van der Waals surface area contributed by atoms with Crippen LogP contribution in [0.5, 0.6) is 0 Å². The molecule has 0 aliphatic carbocycles. The first-order chi connectivity index (χ1) is 11.0. The van der Waals surface area contributed by atoms with Gasteiger partial charge in [0.05, 0.1) is 17.1 Å². The van der Waals surface area contributed by atoms with Crippen molar-refractivity contribution in [3.63, 3.8) is 0 Å². The van der Waals surface area contributed by atoms with Crippen LogP contribution in [0.1, 0.15) is 23.2 Å². The van der Waals surface area contributed by atoms with Gasteiger partial charge < -0.3 is 20.7 Å². The van der Waals surface area contributed by atoms with E-state index < -0.39 is 4.92 Å². The van der Waals surface area contributed by atoms with Gasteiger partial charge in [-0.3, -0.25) is 14.9 Å². The molecule has 1 heterocycles. The number of carbonyl (C=O) groups is 1. The Bertz CT molecular complexity index is 585. The second-order valence-electron chi connectivity index (χ2n) is 5.67. The highest BCUT2D eigenvalue weighted by Crippen LogP contribution is 2.27. The van der Waals surface area contributed by atoms with Crippen molar-refractivity contribution in [3.05, 3.63) is 33.9 Å². The van der Waals surface area contributed by atoms with Crippen molar-refractivity contribution < 1.29 is 14.5 Å². The molecule has 0 aromatic heterocycles. The summed E-state index contributed by atoms with van der Waals surface area (Å²) in [5, 5.41) is 20.3. The van der Waals surface area contributed by atoms with Crippen molar-refractivity contribution in [2.24, 2.45) is 0 Å². The zero-order valence-corrected chi connectivity index (χ0v) is 13.3. The second kappa shape index (κ2) is 7.38. The molecular weight excluding hydrogens is 300 g/mol. The van der Waals surface area contributed by atoms with Gasteiger partial charge in [-0.1, -0.05) is 0 Å². The first kappa shape index (κ1) is 17.2. The lowest BCUT2D eigenvalue weighted by atomic mass is 9.98. The molecule has 1 saturated heterocycles. The topological polar surface area (TPSA) is 106 Å². The van der Waals surface area contributed by atoms with E-state index in [4.69, 9.17) is 4.74 Å². The van der Waals surface area contributed by atoms with Crippen molar-refractivity contribution in [3.8, 4) is 0 Å². The Labute approximate surface area is 134 Å². The summed E-state index contributed by atoms with van der Waals surface area (Å²) in [6.07, 6.45) is 1.99. The Morgan fingerprint density at radius 1 is 1.52 bits per heavy atom. The van der Waals surface area contributed by atoms with E-state index in [2.05, 4.69) is 16.0 Å². The van der Waals surface area contributed by atoms with Gasteiger partial charge in [-0.2, -0.15) is 0 Å². The fourth-order valence-corrected chi connectivity index (χ4v) is 2.85. The maximum absolute atomic E-state index is 11.6. The number of nitro benzene ring substituents is 1. The van der Waals surface area contributed by atoms with Crippen LogP contribution in [0.15, 0.2) is 18.2 Å². The predicted octanol–water partition coefficient (Wildman–Crippen LogP) is 1.13. The number of nitrogens with one attached hydrogen (secondary N) is 3. The summed E-state index contributed by atoms with van der Waals surface area (Å²) in [5.41, 5.74) is 0.320. The molecule has 1 aliphatic rings. The first-order valence-electron chi connectivity index (χ1n) is 7.50. The normalized spacial score (nSPS) is 20.3. The van der Waals surface area contributed by atoms with Crippen LogP contribution in [0.2, 0.25) is 0 Å². The molecular formula is C15H22N4O4. The standard InChI is InChI=1S/C15H22N4O4/c1-16-14(20)11-4-5-12(13(8-11)19(21)22)17-9-15(10-23-2)6-3-7-18-15/h4-5,8,17-18H,3,6-7,9-10H2,1-2H3,(H,16,20). The van der Waals surface area contributed by atoms with E-state index in [1.165, 1.54) is 13.1 Å². The molecule has 0 saturated carbocycles. The first-order valence-corrected chi connectivity index (χ1v) is 7.50. The lowest BCUT2D eigenvalue weighted by Gasteiger charge is -2.29. The van der Waals surface area contributed by atoms with Crippen LogP contribution < -0.4 is 16.0 Å². The molecule has 1 aromatic rings. The molecule has 0 radical (unpaired) electrons. The number of hydrogen-bond acceptors (Lipinski definition) is 6. The molecule has 1 aliphatic heterocycles. The van der Waals surface area contributed by atoms with Crippen LogP contribution in [0, 0.1) is 10.1 Å². The Morgan fingerprint density at radius 2 is 2.30 bits per heavy atom. The Kier molecular flexibility index (Phi) is 5.51. The van der Waals surface area contributed by atoms with Crippen LogP contribution in [0.4, 0.5) is 11.4 Å². The number of methoxy groups -OCH3 is 1. The van der Waals surface area contributed by atoms with Crippen LogP contribution in [0.3, 0.4) is 0 Å². The molecule has 1 atom stereocenters. The van der Waals surface area contributed by atoms with Crippen LogP contribution in [-0.4, -0.2) is 50.2 Å². The molecule has 1 amide bonds. The minimum Gasteiger partial charge on any atom is -0.383 e. The number of ether oxygens (including phenoxy) is 1. The SMILES string of the molecule is CNC(=O)c1ccc(NCC2(COC)CCCN2)c([N+](=O)[O-])c1. The van der Waals surface area contributed by atoms with E-state index in [1.54, 1.807) is 19.2 Å². The molecule has 8 heteroatoms. The average Bonchev–Trinajstić information content (AvgIpc) is 3.01. The van der Waals surface area contributed by atoms with E-state index in [9.17, 15) is 14.9 Å². The molecule has 1 unspecified atom stereocenters.